The number of anilines is 1. The molecule has 0 spiro atoms. The van der Waals surface area contributed by atoms with Crippen LogP contribution in [0.25, 0.3) is 0 Å². The van der Waals surface area contributed by atoms with Crippen LogP contribution in [0.1, 0.15) is 10.4 Å². The Labute approximate surface area is 95.1 Å². The molecule has 2 rings (SSSR count). The standard InChI is InChI=1S/C10H8N4O3/c15-7-3-6(4-11-5-7)10(17)12-8-1-2-9(16)14-13-8/h1-5,15H,(H,14,16)(H,12,13,17). The molecule has 7 nitrogen and oxygen atoms in total. The Balaban J connectivity index is 2.17. The van der Waals surface area contributed by atoms with Crippen LogP contribution < -0.4 is 10.9 Å². The molecular formula is C10H8N4O3. The molecule has 0 radical (unpaired) electrons. The number of H-pyrrole nitrogens is 1. The third-order valence-corrected chi connectivity index (χ3v) is 1.91. The van der Waals surface area contributed by atoms with E-state index in [1.165, 1.54) is 30.6 Å². The molecule has 2 aromatic rings. The normalized spacial score (nSPS) is 9.88. The summed E-state index contributed by atoms with van der Waals surface area (Å²) in [6.07, 6.45) is 2.52. The maximum Gasteiger partial charge on any atom is 0.264 e. The van der Waals surface area contributed by atoms with Crippen LogP contribution in [0.5, 0.6) is 5.75 Å². The van der Waals surface area contributed by atoms with Gasteiger partial charge in [0.25, 0.3) is 11.5 Å². The average Bonchev–Trinajstić information content (AvgIpc) is 2.32. The summed E-state index contributed by atoms with van der Waals surface area (Å²) in [5, 5.41) is 17.4. The second-order valence-corrected chi connectivity index (χ2v) is 3.19. The molecule has 0 aliphatic rings. The summed E-state index contributed by atoms with van der Waals surface area (Å²) in [5.41, 5.74) is -0.167. The fourth-order valence-corrected chi connectivity index (χ4v) is 1.15. The predicted octanol–water partition coefficient (Wildman–Crippen LogP) is 0.123. The molecule has 17 heavy (non-hydrogen) atoms. The topological polar surface area (TPSA) is 108 Å². The smallest absolute Gasteiger partial charge is 0.264 e. The van der Waals surface area contributed by atoms with Gasteiger partial charge in [0.1, 0.15) is 5.75 Å². The van der Waals surface area contributed by atoms with E-state index in [0.29, 0.717) is 0 Å². The SMILES string of the molecule is O=C(Nc1ccc(=O)[nH]n1)c1cncc(O)c1. The van der Waals surface area contributed by atoms with Crippen LogP contribution in [0, 0.1) is 0 Å². The number of rotatable bonds is 2. The molecule has 0 bridgehead atoms. The van der Waals surface area contributed by atoms with Gasteiger partial charge in [-0.15, -0.1) is 0 Å². The molecule has 7 heteroatoms. The molecule has 0 aliphatic carbocycles. The van der Waals surface area contributed by atoms with E-state index in [2.05, 4.69) is 20.5 Å². The van der Waals surface area contributed by atoms with Gasteiger partial charge in [-0.3, -0.25) is 14.6 Å². The van der Waals surface area contributed by atoms with Crippen molar-refractivity contribution in [1.82, 2.24) is 15.2 Å². The fraction of sp³-hybridized carbons (Fsp3) is 0. The van der Waals surface area contributed by atoms with Crippen molar-refractivity contribution in [2.24, 2.45) is 0 Å². The van der Waals surface area contributed by atoms with Gasteiger partial charge in [0, 0.05) is 12.3 Å². The van der Waals surface area contributed by atoms with Crippen LogP contribution in [-0.2, 0) is 0 Å². The number of aromatic hydroxyl groups is 1. The third-order valence-electron chi connectivity index (χ3n) is 1.91. The van der Waals surface area contributed by atoms with E-state index in [4.69, 9.17) is 5.11 Å². The molecule has 86 valence electrons. The first-order chi connectivity index (χ1) is 8.15. The van der Waals surface area contributed by atoms with Gasteiger partial charge in [0.2, 0.25) is 0 Å². The quantitative estimate of drug-likeness (QED) is 0.681. The Morgan fingerprint density at radius 2 is 2.18 bits per heavy atom. The molecule has 3 N–H and O–H groups in total. The number of amides is 1. The second kappa shape index (κ2) is 4.44. The lowest BCUT2D eigenvalue weighted by molar-refractivity contribution is 0.102. The number of nitrogens with one attached hydrogen (secondary N) is 2. The zero-order valence-electron chi connectivity index (χ0n) is 8.54. The summed E-state index contributed by atoms with van der Waals surface area (Å²) in [4.78, 5) is 26.1. The number of carbonyl (C=O) groups is 1. The van der Waals surface area contributed by atoms with E-state index < -0.39 is 5.91 Å². The highest BCUT2D eigenvalue weighted by Gasteiger charge is 2.07. The highest BCUT2D eigenvalue weighted by atomic mass is 16.3. The first kappa shape index (κ1) is 10.8. The van der Waals surface area contributed by atoms with Crippen LogP contribution in [0.3, 0.4) is 0 Å². The Morgan fingerprint density at radius 1 is 1.35 bits per heavy atom. The summed E-state index contributed by atoms with van der Waals surface area (Å²) >= 11 is 0. The van der Waals surface area contributed by atoms with Crippen LogP contribution in [0.2, 0.25) is 0 Å². The molecule has 0 fully saturated rings. The maximum atomic E-state index is 11.7. The van der Waals surface area contributed by atoms with Crippen LogP contribution >= 0.6 is 0 Å². The number of hydrogen-bond donors (Lipinski definition) is 3. The van der Waals surface area contributed by atoms with E-state index in [0.717, 1.165) is 0 Å². The Morgan fingerprint density at radius 3 is 2.82 bits per heavy atom. The first-order valence-electron chi connectivity index (χ1n) is 4.66. The number of aromatic nitrogens is 3. The molecular weight excluding hydrogens is 224 g/mol. The lowest BCUT2D eigenvalue weighted by atomic mass is 10.2. The third kappa shape index (κ3) is 2.65. The zero-order valence-corrected chi connectivity index (χ0v) is 8.54. The van der Waals surface area contributed by atoms with E-state index >= 15 is 0 Å². The van der Waals surface area contributed by atoms with E-state index in [9.17, 15) is 9.59 Å². The van der Waals surface area contributed by atoms with Crippen LogP contribution in [0.4, 0.5) is 5.82 Å². The lowest BCUT2D eigenvalue weighted by Gasteiger charge is -2.03. The van der Waals surface area contributed by atoms with Gasteiger partial charge in [0.15, 0.2) is 5.82 Å². The molecule has 0 atom stereocenters. The van der Waals surface area contributed by atoms with Crippen molar-refractivity contribution < 1.29 is 9.90 Å². The van der Waals surface area contributed by atoms with Crippen molar-refractivity contribution in [3.8, 4) is 5.75 Å². The molecule has 0 aliphatic heterocycles. The second-order valence-electron chi connectivity index (χ2n) is 3.19. The highest BCUT2D eigenvalue weighted by Crippen LogP contribution is 2.09. The van der Waals surface area contributed by atoms with Crippen molar-refractivity contribution in [3.05, 3.63) is 46.5 Å². The number of hydrogen-bond acceptors (Lipinski definition) is 5. The molecule has 0 unspecified atom stereocenters. The minimum absolute atomic E-state index is 0.105. The molecule has 2 aromatic heterocycles. The van der Waals surface area contributed by atoms with Crippen molar-refractivity contribution in [2.45, 2.75) is 0 Å². The maximum absolute atomic E-state index is 11.7. The fourth-order valence-electron chi connectivity index (χ4n) is 1.15. The van der Waals surface area contributed by atoms with Crippen molar-refractivity contribution in [3.63, 3.8) is 0 Å². The molecule has 2 heterocycles. The number of carbonyl (C=O) groups excluding carboxylic acids is 1. The average molecular weight is 232 g/mol. The van der Waals surface area contributed by atoms with E-state index in [1.54, 1.807) is 0 Å². The number of pyridine rings is 1. The Kier molecular flexibility index (Phi) is 2.82. The monoisotopic (exact) mass is 232 g/mol. The predicted molar refractivity (Wildman–Crippen MR) is 58.7 cm³/mol. The molecule has 0 saturated heterocycles. The van der Waals surface area contributed by atoms with Gasteiger partial charge in [-0.25, -0.2) is 5.10 Å². The zero-order chi connectivity index (χ0) is 12.3. The number of nitrogens with zero attached hydrogens (tertiary/aromatic N) is 2. The van der Waals surface area contributed by atoms with Crippen LogP contribution in [-0.4, -0.2) is 26.2 Å². The van der Waals surface area contributed by atoms with Crippen molar-refractivity contribution in [1.29, 1.82) is 0 Å². The first-order valence-corrected chi connectivity index (χ1v) is 4.66. The molecule has 0 saturated carbocycles. The summed E-state index contributed by atoms with van der Waals surface area (Å²) in [6.45, 7) is 0. The number of aromatic amines is 1. The molecule has 0 aromatic carbocycles. The van der Waals surface area contributed by atoms with Crippen molar-refractivity contribution >= 4 is 11.7 Å². The van der Waals surface area contributed by atoms with Gasteiger partial charge in [-0.05, 0) is 12.1 Å². The van der Waals surface area contributed by atoms with E-state index in [-0.39, 0.29) is 22.7 Å². The van der Waals surface area contributed by atoms with Gasteiger partial charge in [0.05, 0.1) is 11.8 Å². The summed E-state index contributed by atoms with van der Waals surface area (Å²) in [7, 11) is 0. The van der Waals surface area contributed by atoms with E-state index in [1.807, 2.05) is 0 Å². The van der Waals surface area contributed by atoms with Gasteiger partial charge >= 0.3 is 0 Å². The summed E-state index contributed by atoms with van der Waals surface area (Å²) < 4.78 is 0. The van der Waals surface area contributed by atoms with Crippen molar-refractivity contribution in [2.75, 3.05) is 5.32 Å². The lowest BCUT2D eigenvalue weighted by Crippen LogP contribution is -2.15. The van der Waals surface area contributed by atoms with Gasteiger partial charge < -0.3 is 10.4 Å². The van der Waals surface area contributed by atoms with Crippen LogP contribution in [0.15, 0.2) is 35.4 Å². The minimum Gasteiger partial charge on any atom is -0.506 e. The summed E-state index contributed by atoms with van der Waals surface area (Å²) in [6, 6.07) is 3.88. The van der Waals surface area contributed by atoms with Gasteiger partial charge in [-0.1, -0.05) is 0 Å². The van der Waals surface area contributed by atoms with Gasteiger partial charge in [-0.2, -0.15) is 5.10 Å². The minimum atomic E-state index is -0.479. The summed E-state index contributed by atoms with van der Waals surface area (Å²) in [5.74, 6) is -0.377. The highest BCUT2D eigenvalue weighted by molar-refractivity contribution is 6.03. The largest absolute Gasteiger partial charge is 0.506 e. The Hall–Kier alpha value is -2.70. The molecule has 1 amide bonds. The Bertz CT molecular complexity index is 588.